The molecule has 0 radical (unpaired) electrons. The van der Waals surface area contributed by atoms with Gasteiger partial charge in [-0.15, -0.1) is 0 Å². The third-order valence-corrected chi connectivity index (χ3v) is 2.56. The number of aromatic nitrogens is 1. The molecule has 0 atom stereocenters. The van der Waals surface area contributed by atoms with E-state index in [9.17, 15) is 4.79 Å². The number of rotatable bonds is 5. The number of hydrogen-bond acceptors (Lipinski definition) is 3. The van der Waals surface area contributed by atoms with E-state index in [0.717, 1.165) is 11.3 Å². The van der Waals surface area contributed by atoms with Gasteiger partial charge in [-0.05, 0) is 31.2 Å². The molecular formula is C16H16N2O2. The highest BCUT2D eigenvalue weighted by atomic mass is 16.5. The standard InChI is InChI=1S/C16H16N2O2/c1-2-20-15-8-4-3-6-13(15)9-10-16(19)18-14-7-5-11-17-12-14/h3-12H,2H2,1H3,(H,18,19). The third-order valence-electron chi connectivity index (χ3n) is 2.56. The van der Waals surface area contributed by atoms with Crippen molar-refractivity contribution in [3.05, 3.63) is 60.4 Å². The average Bonchev–Trinajstić information content (AvgIpc) is 2.48. The van der Waals surface area contributed by atoms with Crippen molar-refractivity contribution < 1.29 is 9.53 Å². The van der Waals surface area contributed by atoms with Gasteiger partial charge in [0.15, 0.2) is 0 Å². The summed E-state index contributed by atoms with van der Waals surface area (Å²) in [5.74, 6) is 0.560. The summed E-state index contributed by atoms with van der Waals surface area (Å²) in [6.45, 7) is 2.52. The van der Waals surface area contributed by atoms with Crippen LogP contribution in [0.25, 0.3) is 6.08 Å². The summed E-state index contributed by atoms with van der Waals surface area (Å²) < 4.78 is 5.49. The second kappa shape index (κ2) is 7.09. The first kappa shape index (κ1) is 13.8. The monoisotopic (exact) mass is 268 g/mol. The molecule has 0 bridgehead atoms. The van der Waals surface area contributed by atoms with Crippen LogP contribution in [0.4, 0.5) is 5.69 Å². The van der Waals surface area contributed by atoms with Gasteiger partial charge >= 0.3 is 0 Å². The molecule has 0 spiro atoms. The van der Waals surface area contributed by atoms with Gasteiger partial charge in [-0.25, -0.2) is 0 Å². The number of ether oxygens (including phenoxy) is 1. The van der Waals surface area contributed by atoms with Gasteiger partial charge in [0, 0.05) is 17.8 Å². The maximum atomic E-state index is 11.8. The zero-order chi connectivity index (χ0) is 14.2. The predicted molar refractivity (Wildman–Crippen MR) is 79.5 cm³/mol. The van der Waals surface area contributed by atoms with Gasteiger partial charge in [-0.2, -0.15) is 0 Å². The van der Waals surface area contributed by atoms with Crippen LogP contribution in [0.2, 0.25) is 0 Å². The Morgan fingerprint density at radius 3 is 2.90 bits per heavy atom. The first-order chi connectivity index (χ1) is 9.79. The second-order valence-electron chi connectivity index (χ2n) is 4.04. The minimum atomic E-state index is -0.204. The van der Waals surface area contributed by atoms with Crippen LogP contribution in [0, 0.1) is 0 Å². The van der Waals surface area contributed by atoms with Crippen molar-refractivity contribution >= 4 is 17.7 Å². The van der Waals surface area contributed by atoms with Crippen molar-refractivity contribution in [1.82, 2.24) is 4.98 Å². The summed E-state index contributed by atoms with van der Waals surface area (Å²) in [6, 6.07) is 11.1. The van der Waals surface area contributed by atoms with E-state index >= 15 is 0 Å². The number of carbonyl (C=O) groups is 1. The van der Waals surface area contributed by atoms with Crippen LogP contribution in [0.15, 0.2) is 54.9 Å². The van der Waals surface area contributed by atoms with E-state index in [1.165, 1.54) is 6.08 Å². The number of nitrogens with one attached hydrogen (secondary N) is 1. The molecular weight excluding hydrogens is 252 g/mol. The van der Waals surface area contributed by atoms with Crippen molar-refractivity contribution in [2.24, 2.45) is 0 Å². The largest absolute Gasteiger partial charge is 0.493 e. The van der Waals surface area contributed by atoms with Crippen molar-refractivity contribution in [3.63, 3.8) is 0 Å². The maximum absolute atomic E-state index is 11.8. The van der Waals surface area contributed by atoms with Gasteiger partial charge in [0.2, 0.25) is 5.91 Å². The topological polar surface area (TPSA) is 51.2 Å². The smallest absolute Gasteiger partial charge is 0.248 e. The van der Waals surface area contributed by atoms with Crippen LogP contribution in [0.5, 0.6) is 5.75 Å². The molecule has 1 N–H and O–H groups in total. The molecule has 1 heterocycles. The molecule has 1 aromatic heterocycles. The van der Waals surface area contributed by atoms with Gasteiger partial charge in [0.1, 0.15) is 5.75 Å². The minimum Gasteiger partial charge on any atom is -0.493 e. The van der Waals surface area contributed by atoms with Crippen LogP contribution in [0.1, 0.15) is 12.5 Å². The number of hydrogen-bond donors (Lipinski definition) is 1. The van der Waals surface area contributed by atoms with Crippen LogP contribution in [-0.2, 0) is 4.79 Å². The molecule has 0 fully saturated rings. The number of benzene rings is 1. The molecule has 20 heavy (non-hydrogen) atoms. The van der Waals surface area contributed by atoms with Crippen LogP contribution < -0.4 is 10.1 Å². The van der Waals surface area contributed by atoms with Gasteiger partial charge in [-0.3, -0.25) is 9.78 Å². The lowest BCUT2D eigenvalue weighted by molar-refractivity contribution is -0.111. The summed E-state index contributed by atoms with van der Waals surface area (Å²) in [6.07, 6.45) is 6.46. The number of para-hydroxylation sites is 1. The van der Waals surface area contributed by atoms with Crippen molar-refractivity contribution in [2.75, 3.05) is 11.9 Å². The average molecular weight is 268 g/mol. The van der Waals surface area contributed by atoms with E-state index in [0.29, 0.717) is 12.3 Å². The molecule has 0 saturated heterocycles. The molecule has 0 unspecified atom stereocenters. The Kier molecular flexibility index (Phi) is 4.89. The summed E-state index contributed by atoms with van der Waals surface area (Å²) in [4.78, 5) is 15.7. The van der Waals surface area contributed by atoms with Gasteiger partial charge in [-0.1, -0.05) is 18.2 Å². The Morgan fingerprint density at radius 1 is 1.30 bits per heavy atom. The Labute approximate surface area is 118 Å². The molecule has 0 aliphatic rings. The first-order valence-corrected chi connectivity index (χ1v) is 6.40. The summed E-state index contributed by atoms with van der Waals surface area (Å²) in [5, 5.41) is 2.73. The molecule has 2 aromatic rings. The molecule has 4 heteroatoms. The number of amides is 1. The zero-order valence-corrected chi connectivity index (χ0v) is 11.2. The normalized spacial score (nSPS) is 10.4. The van der Waals surface area contributed by atoms with Crippen molar-refractivity contribution in [1.29, 1.82) is 0 Å². The van der Waals surface area contributed by atoms with Gasteiger partial charge in [0.05, 0.1) is 18.5 Å². The molecule has 2 rings (SSSR count). The van der Waals surface area contributed by atoms with E-state index in [1.54, 1.807) is 30.6 Å². The summed E-state index contributed by atoms with van der Waals surface area (Å²) in [5.41, 5.74) is 1.54. The fraction of sp³-hybridized carbons (Fsp3) is 0.125. The Balaban J connectivity index is 2.04. The molecule has 102 valence electrons. The zero-order valence-electron chi connectivity index (χ0n) is 11.2. The fourth-order valence-corrected chi connectivity index (χ4v) is 1.69. The molecule has 1 amide bonds. The Hall–Kier alpha value is -2.62. The number of nitrogens with zero attached hydrogens (tertiary/aromatic N) is 1. The van der Waals surface area contributed by atoms with Crippen LogP contribution in [0.3, 0.4) is 0 Å². The van der Waals surface area contributed by atoms with Crippen molar-refractivity contribution in [3.8, 4) is 5.75 Å². The number of pyridine rings is 1. The molecule has 0 aliphatic carbocycles. The lowest BCUT2D eigenvalue weighted by Gasteiger charge is -2.06. The molecule has 0 aliphatic heterocycles. The maximum Gasteiger partial charge on any atom is 0.248 e. The van der Waals surface area contributed by atoms with Gasteiger partial charge in [0.25, 0.3) is 0 Å². The second-order valence-corrected chi connectivity index (χ2v) is 4.04. The highest BCUT2D eigenvalue weighted by Crippen LogP contribution is 2.19. The number of carbonyl (C=O) groups excluding carboxylic acids is 1. The summed E-state index contributed by atoms with van der Waals surface area (Å²) >= 11 is 0. The molecule has 4 nitrogen and oxygen atoms in total. The molecule has 0 saturated carbocycles. The Bertz CT molecular complexity index is 594. The predicted octanol–water partition coefficient (Wildman–Crippen LogP) is 3.13. The van der Waals surface area contributed by atoms with Crippen LogP contribution in [-0.4, -0.2) is 17.5 Å². The SMILES string of the molecule is CCOc1ccccc1C=CC(=O)Nc1cccnc1. The van der Waals surface area contributed by atoms with Crippen LogP contribution >= 0.6 is 0 Å². The third kappa shape index (κ3) is 3.95. The summed E-state index contributed by atoms with van der Waals surface area (Å²) in [7, 11) is 0. The lowest BCUT2D eigenvalue weighted by Crippen LogP contribution is -2.07. The first-order valence-electron chi connectivity index (χ1n) is 6.40. The van der Waals surface area contributed by atoms with E-state index in [4.69, 9.17) is 4.74 Å². The minimum absolute atomic E-state index is 0.204. The van der Waals surface area contributed by atoms with E-state index < -0.39 is 0 Å². The number of anilines is 1. The van der Waals surface area contributed by atoms with E-state index in [2.05, 4.69) is 10.3 Å². The van der Waals surface area contributed by atoms with E-state index in [-0.39, 0.29) is 5.91 Å². The fourth-order valence-electron chi connectivity index (χ4n) is 1.69. The highest BCUT2D eigenvalue weighted by molar-refractivity contribution is 6.01. The quantitative estimate of drug-likeness (QED) is 0.848. The van der Waals surface area contributed by atoms with Crippen molar-refractivity contribution in [2.45, 2.75) is 6.92 Å². The Morgan fingerprint density at radius 2 is 2.15 bits per heavy atom. The van der Waals surface area contributed by atoms with E-state index in [1.807, 2.05) is 31.2 Å². The lowest BCUT2D eigenvalue weighted by atomic mass is 10.2. The highest BCUT2D eigenvalue weighted by Gasteiger charge is 2.00. The van der Waals surface area contributed by atoms with Gasteiger partial charge < -0.3 is 10.1 Å². The molecule has 1 aromatic carbocycles.